The number of carbonyl (C=O) groups is 1. The standard InChI is InChI=1S/C19H30N2O3/c1-19(2,3)21(18(22)20-16-13-9-6-10-14-16)24-17(23-4)15-11-7-5-8-12-15/h5,7-8,11-12,16-17H,6,9-10,13-14H2,1-4H3,(H,20,22). The second kappa shape index (κ2) is 8.49. The van der Waals surface area contributed by atoms with Gasteiger partial charge in [-0.05, 0) is 33.6 Å². The highest BCUT2D eigenvalue weighted by Gasteiger charge is 2.32. The number of amides is 2. The molecule has 24 heavy (non-hydrogen) atoms. The van der Waals surface area contributed by atoms with Crippen LogP contribution in [-0.4, -0.2) is 29.8 Å². The monoisotopic (exact) mass is 334 g/mol. The van der Waals surface area contributed by atoms with Gasteiger partial charge >= 0.3 is 6.03 Å². The molecule has 1 saturated carbocycles. The number of carbonyl (C=O) groups excluding carboxylic acids is 1. The van der Waals surface area contributed by atoms with E-state index in [2.05, 4.69) is 5.32 Å². The van der Waals surface area contributed by atoms with Crippen LogP contribution in [0.3, 0.4) is 0 Å². The Morgan fingerprint density at radius 3 is 2.33 bits per heavy atom. The lowest BCUT2D eigenvalue weighted by atomic mass is 9.96. The second-order valence-corrected chi connectivity index (χ2v) is 7.33. The van der Waals surface area contributed by atoms with E-state index in [-0.39, 0.29) is 12.1 Å². The van der Waals surface area contributed by atoms with E-state index in [1.165, 1.54) is 24.3 Å². The van der Waals surface area contributed by atoms with Crippen molar-refractivity contribution in [2.45, 2.75) is 70.7 Å². The highest BCUT2D eigenvalue weighted by Crippen LogP contribution is 2.25. The predicted molar refractivity (Wildman–Crippen MR) is 94.3 cm³/mol. The van der Waals surface area contributed by atoms with Crippen molar-refractivity contribution < 1.29 is 14.4 Å². The van der Waals surface area contributed by atoms with Gasteiger partial charge in [-0.25, -0.2) is 9.63 Å². The average molecular weight is 334 g/mol. The van der Waals surface area contributed by atoms with Gasteiger partial charge in [0.1, 0.15) is 0 Å². The Labute approximate surface area is 145 Å². The molecule has 1 aliphatic carbocycles. The molecule has 0 spiro atoms. The Kier molecular flexibility index (Phi) is 6.63. The summed E-state index contributed by atoms with van der Waals surface area (Å²) in [5.41, 5.74) is 0.393. The Morgan fingerprint density at radius 1 is 1.17 bits per heavy atom. The molecule has 0 aromatic heterocycles. The predicted octanol–water partition coefficient (Wildman–Crippen LogP) is 4.41. The lowest BCUT2D eigenvalue weighted by Crippen LogP contribution is -2.53. The zero-order valence-corrected chi connectivity index (χ0v) is 15.2. The maximum absolute atomic E-state index is 12.8. The third-order valence-corrected chi connectivity index (χ3v) is 4.21. The lowest BCUT2D eigenvalue weighted by molar-refractivity contribution is -0.278. The molecule has 1 unspecified atom stereocenters. The zero-order chi connectivity index (χ0) is 17.6. The van der Waals surface area contributed by atoms with Crippen LogP contribution in [-0.2, 0) is 9.57 Å². The van der Waals surface area contributed by atoms with E-state index in [1.54, 1.807) is 7.11 Å². The van der Waals surface area contributed by atoms with Crippen molar-refractivity contribution in [3.05, 3.63) is 35.9 Å². The fraction of sp³-hybridized carbons (Fsp3) is 0.632. The molecule has 0 radical (unpaired) electrons. The first-order valence-corrected chi connectivity index (χ1v) is 8.77. The maximum atomic E-state index is 12.8. The van der Waals surface area contributed by atoms with Crippen LogP contribution in [0.5, 0.6) is 0 Å². The molecule has 134 valence electrons. The van der Waals surface area contributed by atoms with Crippen LogP contribution >= 0.6 is 0 Å². The number of ether oxygens (including phenoxy) is 1. The normalized spacial score (nSPS) is 17.3. The first-order valence-electron chi connectivity index (χ1n) is 8.77. The van der Waals surface area contributed by atoms with E-state index >= 15 is 0 Å². The number of nitrogens with zero attached hydrogens (tertiary/aromatic N) is 1. The molecule has 5 nitrogen and oxygen atoms in total. The molecule has 5 heteroatoms. The van der Waals surface area contributed by atoms with E-state index < -0.39 is 11.8 Å². The minimum absolute atomic E-state index is 0.201. The molecule has 1 N–H and O–H groups in total. The number of hydrogen-bond donors (Lipinski definition) is 1. The summed E-state index contributed by atoms with van der Waals surface area (Å²) in [5, 5.41) is 4.52. The van der Waals surface area contributed by atoms with Crippen molar-refractivity contribution in [3.63, 3.8) is 0 Å². The van der Waals surface area contributed by atoms with Crippen molar-refractivity contribution in [2.75, 3.05) is 7.11 Å². The van der Waals surface area contributed by atoms with Gasteiger partial charge < -0.3 is 10.1 Å². The number of methoxy groups -OCH3 is 1. The number of hydroxylamine groups is 2. The van der Waals surface area contributed by atoms with Crippen molar-refractivity contribution in [1.29, 1.82) is 0 Å². The number of hydrogen-bond acceptors (Lipinski definition) is 3. The summed E-state index contributed by atoms with van der Waals surface area (Å²) in [6.45, 7) is 5.85. The van der Waals surface area contributed by atoms with E-state index in [1.807, 2.05) is 51.1 Å². The molecule has 1 atom stereocenters. The van der Waals surface area contributed by atoms with Gasteiger partial charge in [0.15, 0.2) is 0 Å². The summed E-state index contributed by atoms with van der Waals surface area (Å²) in [5.74, 6) is 0. The third kappa shape index (κ3) is 5.21. The minimum Gasteiger partial charge on any atom is -0.350 e. The summed E-state index contributed by atoms with van der Waals surface area (Å²) in [7, 11) is 1.58. The van der Waals surface area contributed by atoms with Gasteiger partial charge in [-0.1, -0.05) is 49.6 Å². The van der Waals surface area contributed by atoms with Crippen molar-refractivity contribution in [1.82, 2.24) is 10.4 Å². The number of nitrogens with one attached hydrogen (secondary N) is 1. The summed E-state index contributed by atoms with van der Waals surface area (Å²) in [6, 6.07) is 9.67. The summed E-state index contributed by atoms with van der Waals surface area (Å²) >= 11 is 0. The molecule has 1 fully saturated rings. The Bertz CT molecular complexity index is 507. The molecule has 1 aliphatic rings. The Balaban J connectivity index is 2.08. The van der Waals surface area contributed by atoms with E-state index in [4.69, 9.17) is 9.57 Å². The van der Waals surface area contributed by atoms with Crippen LogP contribution < -0.4 is 5.32 Å². The average Bonchev–Trinajstić information content (AvgIpc) is 2.56. The molecule has 0 saturated heterocycles. The lowest BCUT2D eigenvalue weighted by Gasteiger charge is -2.37. The molecule has 0 heterocycles. The largest absolute Gasteiger partial charge is 0.350 e. The topological polar surface area (TPSA) is 50.8 Å². The van der Waals surface area contributed by atoms with Crippen LogP contribution in [0.1, 0.15) is 64.7 Å². The molecule has 2 amide bonds. The molecule has 2 rings (SSSR count). The van der Waals surface area contributed by atoms with E-state index in [0.717, 1.165) is 18.4 Å². The van der Waals surface area contributed by atoms with Crippen LogP contribution in [0.25, 0.3) is 0 Å². The minimum atomic E-state index is -0.623. The molecular formula is C19H30N2O3. The SMILES string of the molecule is COC(ON(C(=O)NC1CCCCC1)C(C)(C)C)c1ccccc1. The highest BCUT2D eigenvalue weighted by molar-refractivity contribution is 5.74. The number of rotatable bonds is 5. The van der Waals surface area contributed by atoms with Crippen LogP contribution in [0.4, 0.5) is 4.79 Å². The van der Waals surface area contributed by atoms with Gasteiger partial charge in [0.05, 0.1) is 5.54 Å². The maximum Gasteiger partial charge on any atom is 0.342 e. The molecule has 1 aromatic carbocycles. The van der Waals surface area contributed by atoms with Crippen LogP contribution in [0, 0.1) is 0 Å². The quantitative estimate of drug-likeness (QED) is 0.641. The van der Waals surface area contributed by atoms with Gasteiger partial charge in [-0.3, -0.25) is 0 Å². The molecule has 0 aliphatic heterocycles. The first-order chi connectivity index (χ1) is 11.4. The second-order valence-electron chi connectivity index (χ2n) is 7.33. The fourth-order valence-electron chi connectivity index (χ4n) is 2.94. The van der Waals surface area contributed by atoms with Gasteiger partial charge in [-0.2, -0.15) is 5.06 Å². The highest BCUT2D eigenvalue weighted by atomic mass is 16.8. The van der Waals surface area contributed by atoms with Gasteiger partial charge in [0.2, 0.25) is 6.29 Å². The Morgan fingerprint density at radius 2 is 1.79 bits per heavy atom. The van der Waals surface area contributed by atoms with Gasteiger partial charge in [-0.15, -0.1) is 0 Å². The summed E-state index contributed by atoms with van der Waals surface area (Å²) < 4.78 is 5.46. The first kappa shape index (κ1) is 18.7. The van der Waals surface area contributed by atoms with E-state index in [0.29, 0.717) is 0 Å². The molecule has 0 bridgehead atoms. The number of benzene rings is 1. The number of urea groups is 1. The van der Waals surface area contributed by atoms with Crippen LogP contribution in [0.2, 0.25) is 0 Å². The van der Waals surface area contributed by atoms with Crippen molar-refractivity contribution >= 4 is 6.03 Å². The van der Waals surface area contributed by atoms with Gasteiger partial charge in [0, 0.05) is 18.7 Å². The van der Waals surface area contributed by atoms with Gasteiger partial charge in [0.25, 0.3) is 0 Å². The van der Waals surface area contributed by atoms with E-state index in [9.17, 15) is 4.79 Å². The smallest absolute Gasteiger partial charge is 0.342 e. The third-order valence-electron chi connectivity index (χ3n) is 4.21. The van der Waals surface area contributed by atoms with Crippen LogP contribution in [0.15, 0.2) is 30.3 Å². The zero-order valence-electron chi connectivity index (χ0n) is 15.2. The fourth-order valence-corrected chi connectivity index (χ4v) is 2.94. The molecular weight excluding hydrogens is 304 g/mol. The Hall–Kier alpha value is -1.59. The van der Waals surface area contributed by atoms with Crippen molar-refractivity contribution in [3.8, 4) is 0 Å². The summed E-state index contributed by atoms with van der Waals surface area (Å²) in [4.78, 5) is 18.7. The molecule has 1 aromatic rings. The van der Waals surface area contributed by atoms with Crippen molar-refractivity contribution in [2.24, 2.45) is 0 Å². The summed E-state index contributed by atoms with van der Waals surface area (Å²) in [6.07, 6.45) is 5.05.